The second kappa shape index (κ2) is 1.40. The molecule has 0 spiro atoms. The third-order valence-electron chi connectivity index (χ3n) is 2.65. The molecule has 0 aromatic rings. The van der Waals surface area contributed by atoms with E-state index >= 15 is 0 Å². The Bertz CT molecular complexity index is 158. The minimum Gasteiger partial charge on any atom is -0.390 e. The lowest BCUT2D eigenvalue weighted by Crippen LogP contribution is -2.28. The van der Waals surface area contributed by atoms with E-state index in [9.17, 15) is 5.11 Å². The normalized spacial score (nSPS) is 54.9. The molecule has 2 bridgehead atoms. The molecule has 2 unspecified atom stereocenters. The Morgan fingerprint density at radius 1 is 1.56 bits per heavy atom. The molecule has 0 aromatic heterocycles. The summed E-state index contributed by atoms with van der Waals surface area (Å²) in [7, 11) is 0. The van der Waals surface area contributed by atoms with Gasteiger partial charge in [0.05, 0.1) is 5.60 Å². The Labute approximate surface area is 55.4 Å². The molecule has 0 amide bonds. The maximum Gasteiger partial charge on any atom is 0.0687 e. The Balaban J connectivity index is 2.29. The zero-order chi connectivity index (χ0) is 6.48. The van der Waals surface area contributed by atoms with Crippen LogP contribution in [0.1, 0.15) is 19.8 Å². The van der Waals surface area contributed by atoms with Crippen LogP contribution >= 0.6 is 0 Å². The van der Waals surface area contributed by atoms with Gasteiger partial charge in [0.25, 0.3) is 0 Å². The van der Waals surface area contributed by atoms with Crippen molar-refractivity contribution in [2.24, 2.45) is 11.8 Å². The number of hydrogen-bond donors (Lipinski definition) is 1. The molecule has 0 saturated heterocycles. The predicted molar refractivity (Wildman–Crippen MR) is 36.0 cm³/mol. The van der Waals surface area contributed by atoms with Gasteiger partial charge < -0.3 is 5.11 Å². The lowest BCUT2D eigenvalue weighted by Gasteiger charge is -2.24. The van der Waals surface area contributed by atoms with Crippen LogP contribution in [0.15, 0.2) is 12.2 Å². The van der Waals surface area contributed by atoms with Crippen molar-refractivity contribution in [1.29, 1.82) is 0 Å². The molecule has 0 aliphatic heterocycles. The monoisotopic (exact) mass is 124 g/mol. The SMILES string of the molecule is C[C@@]1(O)CC2C=CC1C2. The first-order chi connectivity index (χ1) is 4.18. The van der Waals surface area contributed by atoms with Gasteiger partial charge in [0, 0.05) is 5.92 Å². The van der Waals surface area contributed by atoms with E-state index < -0.39 is 0 Å². The quantitative estimate of drug-likeness (QED) is 0.483. The number of aliphatic hydroxyl groups is 1. The van der Waals surface area contributed by atoms with E-state index in [1.807, 2.05) is 6.92 Å². The van der Waals surface area contributed by atoms with Crippen LogP contribution in [0, 0.1) is 11.8 Å². The van der Waals surface area contributed by atoms with Crippen molar-refractivity contribution in [3.63, 3.8) is 0 Å². The molecule has 1 heteroatoms. The van der Waals surface area contributed by atoms with Crippen molar-refractivity contribution in [3.8, 4) is 0 Å². The van der Waals surface area contributed by atoms with Crippen molar-refractivity contribution in [2.45, 2.75) is 25.4 Å². The molecule has 0 radical (unpaired) electrons. The van der Waals surface area contributed by atoms with Crippen LogP contribution in [0.2, 0.25) is 0 Å². The molecule has 2 aliphatic carbocycles. The van der Waals surface area contributed by atoms with Crippen LogP contribution in [-0.4, -0.2) is 10.7 Å². The van der Waals surface area contributed by atoms with Gasteiger partial charge >= 0.3 is 0 Å². The summed E-state index contributed by atoms with van der Waals surface area (Å²) >= 11 is 0. The summed E-state index contributed by atoms with van der Waals surface area (Å²) in [6.07, 6.45) is 6.57. The van der Waals surface area contributed by atoms with Gasteiger partial charge in [-0.05, 0) is 25.7 Å². The highest BCUT2D eigenvalue weighted by Crippen LogP contribution is 2.45. The summed E-state index contributed by atoms with van der Waals surface area (Å²) in [6.45, 7) is 1.95. The Hall–Kier alpha value is -0.300. The molecule has 2 rings (SSSR count). The molecule has 50 valence electrons. The van der Waals surface area contributed by atoms with E-state index in [1.165, 1.54) is 6.42 Å². The minimum atomic E-state index is -0.376. The van der Waals surface area contributed by atoms with Crippen molar-refractivity contribution < 1.29 is 5.11 Å². The molecule has 1 saturated carbocycles. The lowest BCUT2D eigenvalue weighted by molar-refractivity contribution is 0.0344. The van der Waals surface area contributed by atoms with E-state index in [0.29, 0.717) is 11.8 Å². The minimum absolute atomic E-state index is 0.376. The lowest BCUT2D eigenvalue weighted by atomic mass is 9.91. The van der Waals surface area contributed by atoms with Crippen LogP contribution < -0.4 is 0 Å². The van der Waals surface area contributed by atoms with Crippen LogP contribution in [0.4, 0.5) is 0 Å². The summed E-state index contributed by atoms with van der Waals surface area (Å²) in [6, 6.07) is 0. The Kier molecular flexibility index (Phi) is 0.854. The topological polar surface area (TPSA) is 20.2 Å². The maximum absolute atomic E-state index is 9.63. The standard InChI is InChI=1S/C8H12O/c1-8(9)5-6-2-3-7(8)4-6/h2-3,6-7,9H,4-5H2,1H3/t6?,7?,8-/m1/s1. The third kappa shape index (κ3) is 0.645. The molecular formula is C8H12O. The van der Waals surface area contributed by atoms with Gasteiger partial charge in [-0.15, -0.1) is 0 Å². The zero-order valence-electron chi connectivity index (χ0n) is 5.67. The molecular weight excluding hydrogens is 112 g/mol. The first-order valence-corrected chi connectivity index (χ1v) is 3.59. The Morgan fingerprint density at radius 3 is 2.56 bits per heavy atom. The van der Waals surface area contributed by atoms with Crippen molar-refractivity contribution in [2.75, 3.05) is 0 Å². The van der Waals surface area contributed by atoms with Crippen molar-refractivity contribution in [3.05, 3.63) is 12.2 Å². The highest BCUT2D eigenvalue weighted by atomic mass is 16.3. The number of allylic oxidation sites excluding steroid dienone is 1. The zero-order valence-corrected chi connectivity index (χ0v) is 5.67. The average molecular weight is 124 g/mol. The largest absolute Gasteiger partial charge is 0.390 e. The summed E-state index contributed by atoms with van der Waals surface area (Å²) in [4.78, 5) is 0. The molecule has 1 nitrogen and oxygen atoms in total. The van der Waals surface area contributed by atoms with E-state index in [2.05, 4.69) is 12.2 Å². The highest BCUT2D eigenvalue weighted by Gasteiger charge is 2.43. The molecule has 0 heterocycles. The first-order valence-electron chi connectivity index (χ1n) is 3.59. The van der Waals surface area contributed by atoms with Gasteiger partial charge in [0.2, 0.25) is 0 Å². The summed E-state index contributed by atoms with van der Waals surface area (Å²) in [5, 5.41) is 9.63. The molecule has 1 N–H and O–H groups in total. The van der Waals surface area contributed by atoms with Gasteiger partial charge in [-0.2, -0.15) is 0 Å². The third-order valence-corrected chi connectivity index (χ3v) is 2.65. The van der Waals surface area contributed by atoms with Gasteiger partial charge in [-0.1, -0.05) is 12.2 Å². The molecule has 0 aromatic carbocycles. The predicted octanol–water partition coefficient (Wildman–Crippen LogP) is 1.33. The smallest absolute Gasteiger partial charge is 0.0687 e. The second-order valence-electron chi connectivity index (χ2n) is 3.55. The highest BCUT2D eigenvalue weighted by molar-refractivity contribution is 5.15. The summed E-state index contributed by atoms with van der Waals surface area (Å²) < 4.78 is 0. The van der Waals surface area contributed by atoms with E-state index in [4.69, 9.17) is 0 Å². The van der Waals surface area contributed by atoms with Gasteiger partial charge in [0.1, 0.15) is 0 Å². The molecule has 3 atom stereocenters. The van der Waals surface area contributed by atoms with Crippen LogP contribution in [0.25, 0.3) is 0 Å². The Morgan fingerprint density at radius 2 is 2.33 bits per heavy atom. The molecule has 1 fully saturated rings. The number of hydrogen-bond acceptors (Lipinski definition) is 1. The van der Waals surface area contributed by atoms with Crippen LogP contribution in [-0.2, 0) is 0 Å². The number of rotatable bonds is 0. The fraction of sp³-hybridized carbons (Fsp3) is 0.750. The van der Waals surface area contributed by atoms with Gasteiger partial charge in [-0.25, -0.2) is 0 Å². The fourth-order valence-corrected chi connectivity index (χ4v) is 2.07. The van der Waals surface area contributed by atoms with Gasteiger partial charge in [-0.3, -0.25) is 0 Å². The van der Waals surface area contributed by atoms with Gasteiger partial charge in [0.15, 0.2) is 0 Å². The first kappa shape index (κ1) is 5.48. The summed E-state index contributed by atoms with van der Waals surface area (Å²) in [5.41, 5.74) is -0.376. The van der Waals surface area contributed by atoms with E-state index in [0.717, 1.165) is 6.42 Å². The fourth-order valence-electron chi connectivity index (χ4n) is 2.07. The summed E-state index contributed by atoms with van der Waals surface area (Å²) in [5.74, 6) is 1.15. The molecule has 2 aliphatic rings. The second-order valence-corrected chi connectivity index (χ2v) is 3.55. The number of fused-ring (bicyclic) bond motifs is 2. The maximum atomic E-state index is 9.63. The van der Waals surface area contributed by atoms with Crippen LogP contribution in [0.3, 0.4) is 0 Å². The van der Waals surface area contributed by atoms with E-state index in [-0.39, 0.29) is 5.60 Å². The van der Waals surface area contributed by atoms with E-state index in [1.54, 1.807) is 0 Å². The van der Waals surface area contributed by atoms with Crippen molar-refractivity contribution in [1.82, 2.24) is 0 Å². The average Bonchev–Trinajstić information content (AvgIpc) is 2.19. The molecule has 9 heavy (non-hydrogen) atoms. The van der Waals surface area contributed by atoms with Crippen LogP contribution in [0.5, 0.6) is 0 Å². The van der Waals surface area contributed by atoms with Crippen molar-refractivity contribution >= 4 is 0 Å².